The highest BCUT2D eigenvalue weighted by Crippen LogP contribution is 2.34. The van der Waals surface area contributed by atoms with E-state index in [1.807, 2.05) is 0 Å². The van der Waals surface area contributed by atoms with Crippen LogP contribution in [0.1, 0.15) is 10.4 Å². The third-order valence-corrected chi connectivity index (χ3v) is 2.63. The second kappa shape index (κ2) is 5.18. The van der Waals surface area contributed by atoms with Crippen LogP contribution in [-0.4, -0.2) is 12.9 Å². The summed E-state index contributed by atoms with van der Waals surface area (Å²) in [4.78, 5) is 10.5. The van der Waals surface area contributed by atoms with Gasteiger partial charge in [-0.05, 0) is 44.0 Å². The minimum absolute atomic E-state index is 0.192. The summed E-state index contributed by atoms with van der Waals surface area (Å²) >= 11 is 6.57. The zero-order valence-corrected chi connectivity index (χ0v) is 10.3. The van der Waals surface area contributed by atoms with Crippen molar-refractivity contribution in [2.75, 3.05) is 6.61 Å². The number of hydrogen-bond donors (Lipinski definition) is 0. The molecule has 1 rings (SSSR count). The first-order valence-electron chi connectivity index (χ1n) is 3.69. The monoisotopic (exact) mass is 316 g/mol. The maximum atomic E-state index is 10.5. The summed E-state index contributed by atoms with van der Waals surface area (Å²) < 4.78 is 6.67. The highest BCUT2D eigenvalue weighted by Gasteiger charge is 2.07. The Morgan fingerprint density at radius 2 is 2.00 bits per heavy atom. The molecule has 14 heavy (non-hydrogen) atoms. The van der Waals surface area contributed by atoms with Gasteiger partial charge in [0.25, 0.3) is 0 Å². The highest BCUT2D eigenvalue weighted by molar-refractivity contribution is 9.11. The molecule has 0 N–H and O–H groups in total. The molecule has 0 aromatic heterocycles. The molecule has 0 bridgehead atoms. The van der Waals surface area contributed by atoms with Gasteiger partial charge in [0.05, 0.1) is 8.95 Å². The second-order valence-corrected chi connectivity index (χ2v) is 4.13. The van der Waals surface area contributed by atoms with E-state index in [0.717, 1.165) is 6.29 Å². The average molecular weight is 318 g/mol. The zero-order chi connectivity index (χ0) is 10.6. The van der Waals surface area contributed by atoms with Gasteiger partial charge in [-0.25, -0.2) is 0 Å². The molecule has 4 heteroatoms. The Morgan fingerprint density at radius 3 is 2.43 bits per heavy atom. The molecule has 1 aromatic rings. The third-order valence-electron chi connectivity index (χ3n) is 1.46. The largest absolute Gasteiger partial charge is 0.479 e. The first-order chi connectivity index (χ1) is 6.69. The molecule has 0 atom stereocenters. The fourth-order valence-electron chi connectivity index (χ4n) is 0.899. The number of carbonyl (C=O) groups is 1. The molecule has 0 fully saturated rings. The van der Waals surface area contributed by atoms with Crippen molar-refractivity contribution in [3.63, 3.8) is 0 Å². The van der Waals surface area contributed by atoms with Crippen LogP contribution in [0.5, 0.6) is 5.75 Å². The van der Waals surface area contributed by atoms with E-state index in [0.29, 0.717) is 20.3 Å². The molecular formula is C10H6Br2O2. The lowest BCUT2D eigenvalue weighted by atomic mass is 10.2. The molecule has 0 aliphatic rings. The molecule has 0 aliphatic heterocycles. The average Bonchev–Trinajstić information content (AvgIpc) is 2.16. The Bertz CT molecular complexity index is 371. The molecule has 0 spiro atoms. The Balaban J connectivity index is 3.06. The SMILES string of the molecule is C#CCOc1c(Br)cc(C=O)cc1Br. The fourth-order valence-corrected chi connectivity index (χ4v) is 2.35. The second-order valence-electron chi connectivity index (χ2n) is 2.42. The molecule has 0 unspecified atom stereocenters. The van der Waals surface area contributed by atoms with E-state index < -0.39 is 0 Å². The normalized spacial score (nSPS) is 9.21. The van der Waals surface area contributed by atoms with Gasteiger partial charge in [0.2, 0.25) is 0 Å². The van der Waals surface area contributed by atoms with Crippen LogP contribution in [-0.2, 0) is 0 Å². The molecular weight excluding hydrogens is 312 g/mol. The van der Waals surface area contributed by atoms with Gasteiger partial charge in [0, 0.05) is 5.56 Å². The van der Waals surface area contributed by atoms with Crippen molar-refractivity contribution in [3.8, 4) is 18.1 Å². The van der Waals surface area contributed by atoms with Crippen molar-refractivity contribution < 1.29 is 9.53 Å². The van der Waals surface area contributed by atoms with Crippen LogP contribution in [0.2, 0.25) is 0 Å². The summed E-state index contributed by atoms with van der Waals surface area (Å²) in [6, 6.07) is 3.34. The van der Waals surface area contributed by atoms with E-state index in [4.69, 9.17) is 11.2 Å². The lowest BCUT2D eigenvalue weighted by molar-refractivity contribution is 0.112. The predicted octanol–water partition coefficient (Wildman–Crippen LogP) is 3.04. The lowest BCUT2D eigenvalue weighted by Gasteiger charge is -2.07. The minimum atomic E-state index is 0.192. The van der Waals surface area contributed by atoms with E-state index in [9.17, 15) is 4.79 Å². The molecule has 0 aliphatic carbocycles. The van der Waals surface area contributed by atoms with E-state index in [1.165, 1.54) is 0 Å². The third kappa shape index (κ3) is 2.60. The van der Waals surface area contributed by atoms with Gasteiger partial charge in [-0.2, -0.15) is 0 Å². The number of aldehydes is 1. The maximum Gasteiger partial charge on any atom is 0.150 e. The molecule has 0 amide bonds. The number of ether oxygens (including phenoxy) is 1. The topological polar surface area (TPSA) is 26.3 Å². The number of carbonyl (C=O) groups excluding carboxylic acids is 1. The number of halogens is 2. The molecule has 1 aromatic carbocycles. The molecule has 0 saturated heterocycles. The van der Waals surface area contributed by atoms with Crippen LogP contribution >= 0.6 is 31.9 Å². The Morgan fingerprint density at radius 1 is 1.43 bits per heavy atom. The van der Waals surface area contributed by atoms with Crippen LogP contribution in [0.25, 0.3) is 0 Å². The van der Waals surface area contributed by atoms with Crippen molar-refractivity contribution in [1.29, 1.82) is 0 Å². The summed E-state index contributed by atoms with van der Waals surface area (Å²) in [5.41, 5.74) is 0.566. The summed E-state index contributed by atoms with van der Waals surface area (Å²) in [5.74, 6) is 2.97. The first kappa shape index (κ1) is 11.3. The summed E-state index contributed by atoms with van der Waals surface area (Å²) in [7, 11) is 0. The molecule has 0 heterocycles. The van der Waals surface area contributed by atoms with Gasteiger partial charge >= 0.3 is 0 Å². The maximum absolute atomic E-state index is 10.5. The molecule has 0 saturated carbocycles. The summed E-state index contributed by atoms with van der Waals surface area (Å²) in [6.07, 6.45) is 5.84. The number of terminal acetylenes is 1. The van der Waals surface area contributed by atoms with Crippen molar-refractivity contribution >= 4 is 38.1 Å². The van der Waals surface area contributed by atoms with E-state index >= 15 is 0 Å². The van der Waals surface area contributed by atoms with Crippen molar-refractivity contribution in [2.45, 2.75) is 0 Å². The highest BCUT2D eigenvalue weighted by atomic mass is 79.9. The Kier molecular flexibility index (Phi) is 4.18. The number of hydrogen-bond acceptors (Lipinski definition) is 2. The summed E-state index contributed by atoms with van der Waals surface area (Å²) in [5, 5.41) is 0. The van der Waals surface area contributed by atoms with E-state index in [2.05, 4.69) is 37.8 Å². The van der Waals surface area contributed by atoms with Gasteiger partial charge in [0.1, 0.15) is 18.6 Å². The standard InChI is InChI=1S/C10H6Br2O2/c1-2-3-14-10-8(11)4-7(6-13)5-9(10)12/h1,4-6H,3H2. The van der Waals surface area contributed by atoms with Crippen LogP contribution < -0.4 is 4.74 Å². The first-order valence-corrected chi connectivity index (χ1v) is 5.28. The molecule has 0 radical (unpaired) electrons. The Labute approximate surface area is 98.9 Å². The van der Waals surface area contributed by atoms with Crippen LogP contribution in [0.15, 0.2) is 21.1 Å². The predicted molar refractivity (Wildman–Crippen MR) is 61.6 cm³/mol. The van der Waals surface area contributed by atoms with E-state index in [-0.39, 0.29) is 6.61 Å². The van der Waals surface area contributed by atoms with Gasteiger partial charge in [-0.3, -0.25) is 4.79 Å². The quantitative estimate of drug-likeness (QED) is 0.632. The van der Waals surface area contributed by atoms with Crippen LogP contribution in [0.3, 0.4) is 0 Å². The van der Waals surface area contributed by atoms with Gasteiger partial charge in [-0.1, -0.05) is 5.92 Å². The summed E-state index contributed by atoms with van der Waals surface area (Å²) in [6.45, 7) is 0.192. The molecule has 2 nitrogen and oxygen atoms in total. The Hall–Kier alpha value is -0.790. The minimum Gasteiger partial charge on any atom is -0.479 e. The zero-order valence-electron chi connectivity index (χ0n) is 7.09. The number of rotatable bonds is 3. The van der Waals surface area contributed by atoms with Crippen LogP contribution in [0.4, 0.5) is 0 Å². The van der Waals surface area contributed by atoms with Crippen molar-refractivity contribution in [1.82, 2.24) is 0 Å². The van der Waals surface area contributed by atoms with Crippen LogP contribution in [0, 0.1) is 12.3 Å². The van der Waals surface area contributed by atoms with Crippen molar-refractivity contribution in [3.05, 3.63) is 26.6 Å². The lowest BCUT2D eigenvalue weighted by Crippen LogP contribution is -1.96. The van der Waals surface area contributed by atoms with Crippen molar-refractivity contribution in [2.24, 2.45) is 0 Å². The fraction of sp³-hybridized carbons (Fsp3) is 0.100. The smallest absolute Gasteiger partial charge is 0.150 e. The number of benzene rings is 1. The molecule has 72 valence electrons. The van der Waals surface area contributed by atoms with Gasteiger partial charge < -0.3 is 4.74 Å². The van der Waals surface area contributed by atoms with E-state index in [1.54, 1.807) is 12.1 Å². The van der Waals surface area contributed by atoms with Gasteiger partial charge in [0.15, 0.2) is 0 Å². The van der Waals surface area contributed by atoms with Gasteiger partial charge in [-0.15, -0.1) is 6.42 Å².